The number of likely N-dealkylation sites (tertiary alicyclic amines) is 1. The van der Waals surface area contributed by atoms with Crippen molar-refractivity contribution in [3.63, 3.8) is 0 Å². The number of aromatic nitrogens is 2. The van der Waals surface area contributed by atoms with Gasteiger partial charge in [-0.05, 0) is 75.5 Å². The minimum absolute atomic E-state index is 0.796. The summed E-state index contributed by atoms with van der Waals surface area (Å²) in [4.78, 5) is 5.15. The van der Waals surface area contributed by atoms with Crippen LogP contribution in [0.4, 0.5) is 0 Å². The van der Waals surface area contributed by atoms with Crippen molar-refractivity contribution in [2.45, 2.75) is 32.2 Å². The third-order valence-electron chi connectivity index (χ3n) is 5.53. The summed E-state index contributed by atoms with van der Waals surface area (Å²) in [6.45, 7) is 7.00. The minimum Gasteiger partial charge on any atom is -0.497 e. The smallest absolute Gasteiger partial charge is 0.118 e. The van der Waals surface area contributed by atoms with Crippen LogP contribution in [0, 0.1) is 5.92 Å². The lowest BCUT2D eigenvalue weighted by atomic mass is 9.97. The molecule has 148 valence electrons. The highest BCUT2D eigenvalue weighted by molar-refractivity contribution is 5.27. The van der Waals surface area contributed by atoms with E-state index in [1.54, 1.807) is 7.11 Å². The van der Waals surface area contributed by atoms with E-state index in [0.717, 1.165) is 44.1 Å². The highest BCUT2D eigenvalue weighted by atomic mass is 16.5. The van der Waals surface area contributed by atoms with Gasteiger partial charge in [-0.1, -0.05) is 12.1 Å². The average Bonchev–Trinajstić information content (AvgIpc) is 3.20. The molecule has 5 nitrogen and oxygen atoms in total. The second kappa shape index (κ2) is 10.5. The zero-order valence-electron chi connectivity index (χ0n) is 16.9. The Morgan fingerprint density at radius 1 is 1.22 bits per heavy atom. The SMILES string of the molecule is COc1ccc(CCN2CCC[C@H](CN(C)CCCn3cccn3)C2)cc1. The van der Waals surface area contributed by atoms with Crippen LogP contribution < -0.4 is 4.74 Å². The topological polar surface area (TPSA) is 33.5 Å². The largest absolute Gasteiger partial charge is 0.497 e. The molecule has 1 saturated heterocycles. The van der Waals surface area contributed by atoms with Crippen LogP contribution >= 0.6 is 0 Å². The van der Waals surface area contributed by atoms with Gasteiger partial charge in [-0.3, -0.25) is 4.68 Å². The van der Waals surface area contributed by atoms with Gasteiger partial charge in [0.1, 0.15) is 5.75 Å². The summed E-state index contributed by atoms with van der Waals surface area (Å²) in [6, 6.07) is 10.5. The van der Waals surface area contributed by atoms with Gasteiger partial charge in [-0.15, -0.1) is 0 Å². The first-order valence-corrected chi connectivity index (χ1v) is 10.2. The Bertz CT molecular complexity index is 641. The van der Waals surface area contributed by atoms with Crippen LogP contribution in [0.3, 0.4) is 0 Å². The van der Waals surface area contributed by atoms with E-state index in [1.807, 2.05) is 23.1 Å². The highest BCUT2D eigenvalue weighted by Crippen LogP contribution is 2.18. The van der Waals surface area contributed by atoms with Crippen LogP contribution in [0.25, 0.3) is 0 Å². The summed E-state index contributed by atoms with van der Waals surface area (Å²) in [5.74, 6) is 1.73. The second-order valence-corrected chi connectivity index (χ2v) is 7.79. The van der Waals surface area contributed by atoms with Crippen LogP contribution in [-0.4, -0.2) is 66.5 Å². The first-order chi connectivity index (χ1) is 13.2. The summed E-state index contributed by atoms with van der Waals surface area (Å²) < 4.78 is 7.27. The summed E-state index contributed by atoms with van der Waals surface area (Å²) >= 11 is 0. The minimum atomic E-state index is 0.796. The zero-order chi connectivity index (χ0) is 18.9. The van der Waals surface area contributed by atoms with Gasteiger partial charge in [0.05, 0.1) is 7.11 Å². The maximum absolute atomic E-state index is 5.24. The highest BCUT2D eigenvalue weighted by Gasteiger charge is 2.20. The number of aryl methyl sites for hydroxylation is 1. The molecule has 0 aliphatic carbocycles. The van der Waals surface area contributed by atoms with E-state index in [2.05, 4.69) is 46.2 Å². The van der Waals surface area contributed by atoms with E-state index in [-0.39, 0.29) is 0 Å². The lowest BCUT2D eigenvalue weighted by Crippen LogP contribution is -2.41. The molecule has 0 radical (unpaired) electrons. The van der Waals surface area contributed by atoms with Crippen LogP contribution in [0.2, 0.25) is 0 Å². The third kappa shape index (κ3) is 6.67. The van der Waals surface area contributed by atoms with Gasteiger partial charge in [0.15, 0.2) is 0 Å². The molecule has 1 aromatic heterocycles. The standard InChI is InChI=1S/C22H34N4O/c1-24(13-5-16-26-15-4-12-23-26)18-21-6-3-14-25(19-21)17-11-20-7-9-22(27-2)10-8-20/h4,7-10,12,15,21H,3,5-6,11,13-14,16-19H2,1-2H3/t21-/m1/s1. The number of nitrogens with zero attached hydrogens (tertiary/aromatic N) is 4. The van der Waals surface area contributed by atoms with Gasteiger partial charge >= 0.3 is 0 Å². The fourth-order valence-electron chi connectivity index (χ4n) is 4.05. The number of rotatable bonds is 10. The van der Waals surface area contributed by atoms with Gasteiger partial charge < -0.3 is 14.5 Å². The number of ether oxygens (including phenoxy) is 1. The molecular formula is C22H34N4O. The first kappa shape index (κ1) is 19.9. The van der Waals surface area contributed by atoms with Crippen molar-refractivity contribution in [1.82, 2.24) is 19.6 Å². The Hall–Kier alpha value is -1.85. The van der Waals surface area contributed by atoms with E-state index >= 15 is 0 Å². The molecule has 5 heteroatoms. The van der Waals surface area contributed by atoms with Crippen LogP contribution in [0.5, 0.6) is 5.75 Å². The van der Waals surface area contributed by atoms with Gasteiger partial charge in [-0.25, -0.2) is 0 Å². The fourth-order valence-corrected chi connectivity index (χ4v) is 4.05. The normalized spacial score (nSPS) is 18.1. The van der Waals surface area contributed by atoms with E-state index in [9.17, 15) is 0 Å². The Balaban J connectivity index is 1.35. The molecule has 3 rings (SSSR count). The summed E-state index contributed by atoms with van der Waals surface area (Å²) in [6.07, 6.45) is 8.87. The molecule has 0 bridgehead atoms. The molecule has 2 aromatic rings. The Morgan fingerprint density at radius 2 is 2.07 bits per heavy atom. The van der Waals surface area contributed by atoms with Gasteiger partial charge in [-0.2, -0.15) is 5.10 Å². The lowest BCUT2D eigenvalue weighted by Gasteiger charge is -2.34. The molecule has 1 atom stereocenters. The van der Waals surface area contributed by atoms with Crippen molar-refractivity contribution in [2.24, 2.45) is 5.92 Å². The molecule has 0 N–H and O–H groups in total. The number of hydrogen-bond donors (Lipinski definition) is 0. The predicted molar refractivity (Wildman–Crippen MR) is 110 cm³/mol. The summed E-state index contributed by atoms with van der Waals surface area (Å²) in [7, 11) is 3.98. The van der Waals surface area contributed by atoms with Crippen molar-refractivity contribution in [1.29, 1.82) is 0 Å². The molecular weight excluding hydrogens is 336 g/mol. The Morgan fingerprint density at radius 3 is 2.81 bits per heavy atom. The molecule has 0 saturated carbocycles. The van der Waals surface area contributed by atoms with Crippen molar-refractivity contribution in [3.8, 4) is 5.75 Å². The third-order valence-corrected chi connectivity index (χ3v) is 5.53. The van der Waals surface area contributed by atoms with Crippen molar-refractivity contribution < 1.29 is 4.74 Å². The maximum atomic E-state index is 5.24. The maximum Gasteiger partial charge on any atom is 0.118 e. The molecule has 2 heterocycles. The molecule has 0 unspecified atom stereocenters. The molecule has 1 fully saturated rings. The summed E-state index contributed by atoms with van der Waals surface area (Å²) in [5.41, 5.74) is 1.40. The predicted octanol–water partition coefficient (Wildman–Crippen LogP) is 3.17. The van der Waals surface area contributed by atoms with E-state index < -0.39 is 0 Å². The molecule has 1 aromatic carbocycles. The zero-order valence-corrected chi connectivity index (χ0v) is 16.9. The van der Waals surface area contributed by atoms with Crippen molar-refractivity contribution >= 4 is 0 Å². The molecule has 1 aliphatic rings. The fraction of sp³-hybridized carbons (Fsp3) is 0.591. The van der Waals surface area contributed by atoms with Crippen LogP contribution in [-0.2, 0) is 13.0 Å². The van der Waals surface area contributed by atoms with Gasteiger partial charge in [0.25, 0.3) is 0 Å². The molecule has 0 amide bonds. The summed E-state index contributed by atoms with van der Waals surface area (Å²) in [5, 5.41) is 4.28. The number of hydrogen-bond acceptors (Lipinski definition) is 4. The number of piperidine rings is 1. The van der Waals surface area contributed by atoms with Gasteiger partial charge in [0, 0.05) is 38.6 Å². The number of methoxy groups -OCH3 is 1. The van der Waals surface area contributed by atoms with Crippen LogP contribution in [0.1, 0.15) is 24.8 Å². The van der Waals surface area contributed by atoms with E-state index in [1.165, 1.54) is 38.0 Å². The van der Waals surface area contributed by atoms with Crippen LogP contribution in [0.15, 0.2) is 42.7 Å². The van der Waals surface area contributed by atoms with Gasteiger partial charge in [0.2, 0.25) is 0 Å². The molecule has 0 spiro atoms. The molecule has 1 aliphatic heterocycles. The average molecular weight is 371 g/mol. The molecule has 27 heavy (non-hydrogen) atoms. The second-order valence-electron chi connectivity index (χ2n) is 7.79. The lowest BCUT2D eigenvalue weighted by molar-refractivity contribution is 0.143. The van der Waals surface area contributed by atoms with E-state index in [0.29, 0.717) is 0 Å². The quantitative estimate of drug-likeness (QED) is 0.643. The first-order valence-electron chi connectivity index (χ1n) is 10.2. The van der Waals surface area contributed by atoms with Crippen molar-refractivity contribution in [2.75, 3.05) is 46.9 Å². The Kier molecular flexibility index (Phi) is 7.72. The van der Waals surface area contributed by atoms with E-state index in [4.69, 9.17) is 4.74 Å². The number of benzene rings is 1. The van der Waals surface area contributed by atoms with Crippen molar-refractivity contribution in [3.05, 3.63) is 48.3 Å². The Labute approximate surface area is 163 Å². The monoisotopic (exact) mass is 370 g/mol.